The number of hydrogen-bond acceptors (Lipinski definition) is 5. The number of pyridine rings is 1. The third kappa shape index (κ3) is 7.39. The normalized spacial score (nSPS) is 18.4. The molecule has 1 aromatic heterocycles. The van der Waals surface area contributed by atoms with Gasteiger partial charge in [0.15, 0.2) is 0 Å². The molecule has 1 aromatic carbocycles. The standard InChI is InChI=1S/C25H32N4O4/c1-25(2,3)29-19-13-11-18(12-14-19)27-22(30)15-26-23(31)21-6-4-5-20(28-21)16-7-9-17(10-8-16)24(32)33/h4-10,18-19,29H,11-15H2,1-3H3,(H,26,31)(H,27,30)(H,32,33). The quantitative estimate of drug-likeness (QED) is 0.513. The Morgan fingerprint density at radius 1 is 0.970 bits per heavy atom. The van der Waals surface area contributed by atoms with Crippen molar-refractivity contribution in [2.45, 2.75) is 64.1 Å². The van der Waals surface area contributed by atoms with E-state index in [1.807, 2.05) is 0 Å². The first kappa shape index (κ1) is 24.4. The lowest BCUT2D eigenvalue weighted by Crippen LogP contribution is -2.49. The summed E-state index contributed by atoms with van der Waals surface area (Å²) in [5, 5.41) is 18.3. The molecule has 2 amide bonds. The molecule has 1 aliphatic rings. The summed E-state index contributed by atoms with van der Waals surface area (Å²) >= 11 is 0. The van der Waals surface area contributed by atoms with Gasteiger partial charge in [0.1, 0.15) is 5.69 Å². The van der Waals surface area contributed by atoms with Gasteiger partial charge in [-0.05, 0) is 70.7 Å². The molecule has 8 heteroatoms. The van der Waals surface area contributed by atoms with Gasteiger partial charge < -0.3 is 21.1 Å². The van der Waals surface area contributed by atoms with Gasteiger partial charge in [-0.15, -0.1) is 0 Å². The molecule has 1 heterocycles. The molecule has 0 saturated heterocycles. The number of hydrogen-bond donors (Lipinski definition) is 4. The van der Waals surface area contributed by atoms with Gasteiger partial charge >= 0.3 is 5.97 Å². The van der Waals surface area contributed by atoms with E-state index in [9.17, 15) is 14.4 Å². The predicted molar refractivity (Wildman–Crippen MR) is 126 cm³/mol. The zero-order chi connectivity index (χ0) is 24.0. The topological polar surface area (TPSA) is 120 Å². The Bertz CT molecular complexity index is 990. The van der Waals surface area contributed by atoms with Gasteiger partial charge in [-0.25, -0.2) is 9.78 Å². The molecule has 0 atom stereocenters. The molecule has 2 aromatic rings. The number of aromatic nitrogens is 1. The summed E-state index contributed by atoms with van der Waals surface area (Å²) in [6.07, 6.45) is 3.85. The molecular weight excluding hydrogens is 420 g/mol. The molecule has 176 valence electrons. The van der Waals surface area contributed by atoms with Crippen LogP contribution in [0.2, 0.25) is 0 Å². The molecule has 4 N–H and O–H groups in total. The number of rotatable bonds is 7. The van der Waals surface area contributed by atoms with Crippen LogP contribution in [0.25, 0.3) is 11.3 Å². The highest BCUT2D eigenvalue weighted by molar-refractivity contribution is 5.95. The number of amides is 2. The predicted octanol–water partition coefficient (Wildman–Crippen LogP) is 2.99. The van der Waals surface area contributed by atoms with Crippen molar-refractivity contribution in [1.29, 1.82) is 0 Å². The minimum absolute atomic E-state index is 0.0816. The summed E-state index contributed by atoms with van der Waals surface area (Å²) in [7, 11) is 0. The maximum atomic E-state index is 12.5. The highest BCUT2D eigenvalue weighted by atomic mass is 16.4. The van der Waals surface area contributed by atoms with Crippen molar-refractivity contribution in [3.63, 3.8) is 0 Å². The first-order chi connectivity index (χ1) is 15.6. The third-order valence-corrected chi connectivity index (χ3v) is 5.55. The van der Waals surface area contributed by atoms with Crippen LogP contribution >= 0.6 is 0 Å². The van der Waals surface area contributed by atoms with E-state index in [-0.39, 0.29) is 35.3 Å². The minimum Gasteiger partial charge on any atom is -0.478 e. The average Bonchev–Trinajstić information content (AvgIpc) is 2.78. The van der Waals surface area contributed by atoms with Crippen molar-refractivity contribution in [2.75, 3.05) is 6.54 Å². The molecule has 0 spiro atoms. The number of aromatic carboxylic acids is 1. The van der Waals surface area contributed by atoms with Gasteiger partial charge in [0.05, 0.1) is 17.8 Å². The van der Waals surface area contributed by atoms with Crippen LogP contribution < -0.4 is 16.0 Å². The van der Waals surface area contributed by atoms with Gasteiger partial charge in [0, 0.05) is 23.2 Å². The van der Waals surface area contributed by atoms with Gasteiger partial charge in [0.2, 0.25) is 5.91 Å². The Kier molecular flexibility index (Phi) is 7.81. The molecule has 1 saturated carbocycles. The number of nitrogens with one attached hydrogen (secondary N) is 3. The Labute approximate surface area is 194 Å². The number of carbonyl (C=O) groups excluding carboxylic acids is 2. The van der Waals surface area contributed by atoms with Crippen molar-refractivity contribution in [2.24, 2.45) is 0 Å². The highest BCUT2D eigenvalue weighted by Crippen LogP contribution is 2.21. The van der Waals surface area contributed by atoms with Crippen LogP contribution in [0.3, 0.4) is 0 Å². The van der Waals surface area contributed by atoms with Crippen LogP contribution in [0.1, 0.15) is 67.3 Å². The van der Waals surface area contributed by atoms with Crippen molar-refractivity contribution in [3.8, 4) is 11.3 Å². The first-order valence-electron chi connectivity index (χ1n) is 11.3. The zero-order valence-electron chi connectivity index (χ0n) is 19.4. The lowest BCUT2D eigenvalue weighted by molar-refractivity contribution is -0.121. The lowest BCUT2D eigenvalue weighted by Gasteiger charge is -2.34. The molecule has 1 aliphatic carbocycles. The fourth-order valence-electron chi connectivity index (χ4n) is 4.03. The number of nitrogens with zero attached hydrogens (tertiary/aromatic N) is 1. The second-order valence-corrected chi connectivity index (χ2v) is 9.48. The fourth-order valence-corrected chi connectivity index (χ4v) is 4.03. The highest BCUT2D eigenvalue weighted by Gasteiger charge is 2.25. The zero-order valence-corrected chi connectivity index (χ0v) is 19.4. The molecule has 0 bridgehead atoms. The summed E-state index contributed by atoms with van der Waals surface area (Å²) in [5.41, 5.74) is 1.70. The molecule has 1 fully saturated rings. The fraction of sp³-hybridized carbons (Fsp3) is 0.440. The van der Waals surface area contributed by atoms with Crippen LogP contribution in [0.15, 0.2) is 42.5 Å². The van der Waals surface area contributed by atoms with Crippen molar-refractivity contribution >= 4 is 17.8 Å². The van der Waals surface area contributed by atoms with Crippen LogP contribution in [-0.2, 0) is 4.79 Å². The average molecular weight is 453 g/mol. The van der Waals surface area contributed by atoms with Crippen LogP contribution in [-0.4, -0.2) is 52.0 Å². The van der Waals surface area contributed by atoms with E-state index in [2.05, 4.69) is 41.7 Å². The lowest BCUT2D eigenvalue weighted by atomic mass is 9.89. The summed E-state index contributed by atoms with van der Waals surface area (Å²) in [5.74, 6) is -1.65. The van der Waals surface area contributed by atoms with Gasteiger partial charge in [-0.2, -0.15) is 0 Å². The monoisotopic (exact) mass is 452 g/mol. The number of benzene rings is 1. The van der Waals surface area contributed by atoms with Gasteiger partial charge in [-0.3, -0.25) is 9.59 Å². The smallest absolute Gasteiger partial charge is 0.335 e. The molecule has 0 unspecified atom stereocenters. The Hall–Kier alpha value is -3.26. The Morgan fingerprint density at radius 3 is 2.21 bits per heavy atom. The summed E-state index contributed by atoms with van der Waals surface area (Å²) in [6, 6.07) is 11.9. The molecule has 0 radical (unpaired) electrons. The van der Waals surface area contributed by atoms with E-state index in [1.54, 1.807) is 30.3 Å². The van der Waals surface area contributed by atoms with E-state index >= 15 is 0 Å². The molecular formula is C25H32N4O4. The maximum Gasteiger partial charge on any atom is 0.335 e. The van der Waals surface area contributed by atoms with Gasteiger partial charge in [0.25, 0.3) is 5.91 Å². The summed E-state index contributed by atoms with van der Waals surface area (Å²) in [4.78, 5) is 40.2. The third-order valence-electron chi connectivity index (χ3n) is 5.55. The largest absolute Gasteiger partial charge is 0.478 e. The SMILES string of the molecule is CC(C)(C)NC1CCC(NC(=O)CNC(=O)c2cccc(-c3ccc(C(=O)O)cc3)n2)CC1. The Balaban J connectivity index is 1.48. The van der Waals surface area contributed by atoms with Crippen molar-refractivity contribution < 1.29 is 19.5 Å². The van der Waals surface area contributed by atoms with E-state index in [0.29, 0.717) is 17.3 Å². The maximum absolute atomic E-state index is 12.5. The van der Waals surface area contributed by atoms with Crippen molar-refractivity contribution in [1.82, 2.24) is 20.9 Å². The van der Waals surface area contributed by atoms with Crippen molar-refractivity contribution in [3.05, 3.63) is 53.7 Å². The van der Waals surface area contributed by atoms with E-state index in [4.69, 9.17) is 5.11 Å². The van der Waals surface area contributed by atoms with E-state index in [1.165, 1.54) is 12.1 Å². The summed E-state index contributed by atoms with van der Waals surface area (Å²) in [6.45, 7) is 6.35. The number of carboxylic acid groups (broad SMARTS) is 1. The Morgan fingerprint density at radius 2 is 1.61 bits per heavy atom. The molecule has 33 heavy (non-hydrogen) atoms. The second kappa shape index (κ2) is 10.6. The van der Waals surface area contributed by atoms with Crippen LogP contribution in [0, 0.1) is 0 Å². The van der Waals surface area contributed by atoms with Gasteiger partial charge in [-0.1, -0.05) is 18.2 Å². The van der Waals surface area contributed by atoms with E-state index in [0.717, 1.165) is 25.7 Å². The first-order valence-corrected chi connectivity index (χ1v) is 11.3. The summed E-state index contributed by atoms with van der Waals surface area (Å²) < 4.78 is 0. The molecule has 3 rings (SSSR count). The second-order valence-electron chi connectivity index (χ2n) is 9.48. The van der Waals surface area contributed by atoms with E-state index < -0.39 is 11.9 Å². The molecule has 0 aliphatic heterocycles. The van der Waals surface area contributed by atoms with Crippen LogP contribution in [0.5, 0.6) is 0 Å². The minimum atomic E-state index is -1.00. The number of carboxylic acids is 1. The van der Waals surface area contributed by atoms with Crippen LogP contribution in [0.4, 0.5) is 0 Å². The number of carbonyl (C=O) groups is 3. The molecule has 8 nitrogen and oxygen atoms in total.